The maximum Gasteiger partial charge on any atom is 0.389 e. The van der Waals surface area contributed by atoms with Crippen LogP contribution in [0.25, 0.3) is 11.0 Å². The first-order chi connectivity index (χ1) is 10.4. The fraction of sp³-hybridized carbons (Fsp3) is 0.533. The summed E-state index contributed by atoms with van der Waals surface area (Å²) in [5.74, 6) is -0.264. The number of piperidine rings is 1. The standard InChI is InChI=1S/C15H16ClF3N2O/c16-11-1-2-14-12(7-11)13(20-22-14)9-21-5-3-10(4-6-21)8-15(17,18)19/h1-2,7,10H,3-6,8-9H2. The minimum absolute atomic E-state index is 0.264. The first-order valence-electron chi connectivity index (χ1n) is 7.23. The predicted octanol–water partition coefficient (Wildman–Crippen LogP) is 4.65. The molecule has 0 spiro atoms. The van der Waals surface area contributed by atoms with Gasteiger partial charge in [0.15, 0.2) is 5.58 Å². The van der Waals surface area contributed by atoms with E-state index in [1.54, 1.807) is 18.2 Å². The zero-order chi connectivity index (χ0) is 15.7. The lowest BCUT2D eigenvalue weighted by atomic mass is 9.93. The highest BCUT2D eigenvalue weighted by Gasteiger charge is 2.33. The van der Waals surface area contributed by atoms with Crippen LogP contribution >= 0.6 is 11.6 Å². The molecule has 0 radical (unpaired) electrons. The quantitative estimate of drug-likeness (QED) is 0.819. The maximum atomic E-state index is 12.4. The van der Waals surface area contributed by atoms with Crippen LogP contribution in [0.2, 0.25) is 5.02 Å². The monoisotopic (exact) mass is 332 g/mol. The lowest BCUT2D eigenvalue weighted by Gasteiger charge is -2.31. The number of fused-ring (bicyclic) bond motifs is 1. The molecule has 22 heavy (non-hydrogen) atoms. The van der Waals surface area contributed by atoms with E-state index in [-0.39, 0.29) is 5.92 Å². The van der Waals surface area contributed by atoms with Gasteiger partial charge in [0.25, 0.3) is 0 Å². The second-order valence-electron chi connectivity index (χ2n) is 5.81. The van der Waals surface area contributed by atoms with Gasteiger partial charge in [-0.15, -0.1) is 0 Å². The molecular weight excluding hydrogens is 317 g/mol. The molecule has 0 saturated carbocycles. The van der Waals surface area contributed by atoms with Crippen molar-refractivity contribution in [1.29, 1.82) is 0 Å². The van der Waals surface area contributed by atoms with Crippen LogP contribution in [0, 0.1) is 5.92 Å². The van der Waals surface area contributed by atoms with E-state index in [2.05, 4.69) is 10.1 Å². The van der Waals surface area contributed by atoms with Crippen molar-refractivity contribution in [2.24, 2.45) is 5.92 Å². The summed E-state index contributed by atoms with van der Waals surface area (Å²) in [6.07, 6.45) is -3.61. The van der Waals surface area contributed by atoms with Crippen molar-refractivity contribution in [3.63, 3.8) is 0 Å². The minimum atomic E-state index is -4.06. The molecule has 0 bridgehead atoms. The molecule has 0 aliphatic carbocycles. The van der Waals surface area contributed by atoms with E-state index in [1.807, 2.05) is 0 Å². The molecule has 7 heteroatoms. The van der Waals surface area contributed by atoms with E-state index in [1.165, 1.54) is 0 Å². The lowest BCUT2D eigenvalue weighted by molar-refractivity contribution is -0.147. The lowest BCUT2D eigenvalue weighted by Crippen LogP contribution is -2.34. The van der Waals surface area contributed by atoms with Gasteiger partial charge in [-0.1, -0.05) is 16.8 Å². The fourth-order valence-corrected chi connectivity index (χ4v) is 3.13. The number of rotatable bonds is 3. The SMILES string of the molecule is FC(F)(F)CC1CCN(Cc2noc3ccc(Cl)cc23)CC1. The summed E-state index contributed by atoms with van der Waals surface area (Å²) in [6.45, 7) is 1.87. The smallest absolute Gasteiger partial charge is 0.356 e. The molecule has 1 fully saturated rings. The molecule has 2 heterocycles. The fourth-order valence-electron chi connectivity index (χ4n) is 2.96. The molecule has 0 amide bonds. The van der Waals surface area contributed by atoms with Gasteiger partial charge in [0.1, 0.15) is 5.69 Å². The number of halogens is 4. The molecule has 1 aliphatic rings. The number of nitrogens with zero attached hydrogens (tertiary/aromatic N) is 2. The van der Waals surface area contributed by atoms with Gasteiger partial charge in [0.05, 0.1) is 0 Å². The van der Waals surface area contributed by atoms with Crippen molar-refractivity contribution in [3.05, 3.63) is 28.9 Å². The van der Waals surface area contributed by atoms with Crippen LogP contribution in [0.5, 0.6) is 0 Å². The molecular formula is C15H16ClF3N2O. The van der Waals surface area contributed by atoms with E-state index in [4.69, 9.17) is 16.1 Å². The Labute approximate surface area is 131 Å². The number of hydrogen-bond donors (Lipinski definition) is 0. The summed E-state index contributed by atoms with van der Waals surface area (Å²) >= 11 is 5.98. The number of alkyl halides is 3. The molecule has 0 atom stereocenters. The first-order valence-corrected chi connectivity index (χ1v) is 7.61. The van der Waals surface area contributed by atoms with Crippen LogP contribution < -0.4 is 0 Å². The summed E-state index contributed by atoms with van der Waals surface area (Å²) in [4.78, 5) is 2.12. The van der Waals surface area contributed by atoms with E-state index < -0.39 is 12.6 Å². The van der Waals surface area contributed by atoms with Gasteiger partial charge in [-0.05, 0) is 50.0 Å². The highest BCUT2D eigenvalue weighted by atomic mass is 35.5. The van der Waals surface area contributed by atoms with Crippen molar-refractivity contribution >= 4 is 22.6 Å². The second-order valence-corrected chi connectivity index (χ2v) is 6.25. The van der Waals surface area contributed by atoms with E-state index in [0.717, 1.165) is 11.1 Å². The minimum Gasteiger partial charge on any atom is -0.356 e. The Hall–Kier alpha value is -1.27. The van der Waals surface area contributed by atoms with Crippen LogP contribution in [0.1, 0.15) is 25.0 Å². The summed E-state index contributed by atoms with van der Waals surface area (Å²) < 4.78 is 42.5. The molecule has 1 aliphatic heterocycles. The van der Waals surface area contributed by atoms with Crippen molar-refractivity contribution < 1.29 is 17.7 Å². The highest BCUT2D eigenvalue weighted by Crippen LogP contribution is 2.31. The van der Waals surface area contributed by atoms with Gasteiger partial charge < -0.3 is 4.52 Å². The van der Waals surface area contributed by atoms with Crippen molar-refractivity contribution in [2.45, 2.75) is 32.0 Å². The Kier molecular flexibility index (Phi) is 4.32. The van der Waals surface area contributed by atoms with Crippen molar-refractivity contribution in [3.8, 4) is 0 Å². The summed E-state index contributed by atoms with van der Waals surface area (Å²) in [7, 11) is 0. The van der Waals surface area contributed by atoms with Gasteiger partial charge in [-0.2, -0.15) is 13.2 Å². The third kappa shape index (κ3) is 3.73. The highest BCUT2D eigenvalue weighted by molar-refractivity contribution is 6.31. The third-order valence-corrected chi connectivity index (χ3v) is 4.34. The number of likely N-dealkylation sites (tertiary alicyclic amines) is 1. The normalized spacial score (nSPS) is 18.2. The maximum absolute atomic E-state index is 12.4. The predicted molar refractivity (Wildman–Crippen MR) is 77.7 cm³/mol. The van der Waals surface area contributed by atoms with Crippen LogP contribution in [0.15, 0.2) is 22.7 Å². The molecule has 3 rings (SSSR count). The second kappa shape index (κ2) is 6.08. The Bertz CT molecular complexity index is 648. The average Bonchev–Trinajstić information content (AvgIpc) is 2.82. The summed E-state index contributed by atoms with van der Waals surface area (Å²) in [5, 5.41) is 5.53. The van der Waals surface area contributed by atoms with Crippen molar-refractivity contribution in [2.75, 3.05) is 13.1 Å². The van der Waals surface area contributed by atoms with Gasteiger partial charge in [0.2, 0.25) is 0 Å². The van der Waals surface area contributed by atoms with Crippen LogP contribution in [0.4, 0.5) is 13.2 Å². The van der Waals surface area contributed by atoms with Gasteiger partial charge in [-0.3, -0.25) is 4.90 Å². The molecule has 120 valence electrons. The van der Waals surface area contributed by atoms with Crippen LogP contribution in [-0.2, 0) is 6.54 Å². The molecule has 3 nitrogen and oxygen atoms in total. The van der Waals surface area contributed by atoms with Crippen molar-refractivity contribution in [1.82, 2.24) is 10.1 Å². The Morgan fingerprint density at radius 2 is 2.00 bits per heavy atom. The number of aromatic nitrogens is 1. The summed E-state index contributed by atoms with van der Waals surface area (Å²) in [6, 6.07) is 5.31. The number of benzene rings is 1. The topological polar surface area (TPSA) is 29.3 Å². The third-order valence-electron chi connectivity index (χ3n) is 4.11. The largest absolute Gasteiger partial charge is 0.389 e. The Morgan fingerprint density at radius 1 is 1.27 bits per heavy atom. The zero-order valence-corrected chi connectivity index (χ0v) is 12.6. The van der Waals surface area contributed by atoms with E-state index in [0.29, 0.717) is 43.1 Å². The van der Waals surface area contributed by atoms with Gasteiger partial charge >= 0.3 is 6.18 Å². The Morgan fingerprint density at radius 3 is 2.68 bits per heavy atom. The Balaban J connectivity index is 1.61. The summed E-state index contributed by atoms with van der Waals surface area (Å²) in [5.41, 5.74) is 1.46. The molecule has 0 N–H and O–H groups in total. The van der Waals surface area contributed by atoms with Crippen LogP contribution in [-0.4, -0.2) is 29.3 Å². The molecule has 1 aromatic carbocycles. The molecule has 2 aromatic rings. The first kappa shape index (κ1) is 15.6. The average molecular weight is 333 g/mol. The van der Waals surface area contributed by atoms with Gasteiger partial charge in [-0.25, -0.2) is 0 Å². The zero-order valence-electron chi connectivity index (χ0n) is 11.9. The number of hydrogen-bond acceptors (Lipinski definition) is 3. The molecule has 0 unspecified atom stereocenters. The molecule has 1 saturated heterocycles. The van der Waals surface area contributed by atoms with E-state index >= 15 is 0 Å². The molecule has 1 aromatic heterocycles. The van der Waals surface area contributed by atoms with Gasteiger partial charge in [0, 0.05) is 23.4 Å². The van der Waals surface area contributed by atoms with Crippen LogP contribution in [0.3, 0.4) is 0 Å². The van der Waals surface area contributed by atoms with E-state index in [9.17, 15) is 13.2 Å².